The average molecular weight is 272 g/mol. The molecule has 1 aliphatic carbocycles. The smallest absolute Gasteiger partial charge is 0.416 e. The normalized spacial score (nSPS) is 23.9. The van der Waals surface area contributed by atoms with Crippen molar-refractivity contribution in [1.29, 1.82) is 0 Å². The Morgan fingerprint density at radius 3 is 1.95 bits per heavy atom. The summed E-state index contributed by atoms with van der Waals surface area (Å²) >= 11 is 0. The average Bonchev–Trinajstić information content (AvgIpc) is 2.20. The van der Waals surface area contributed by atoms with Crippen molar-refractivity contribution in [3.05, 3.63) is 29.8 Å². The van der Waals surface area contributed by atoms with E-state index in [4.69, 9.17) is 4.74 Å². The summed E-state index contributed by atoms with van der Waals surface area (Å²) in [5.74, 6) is 1.15. The van der Waals surface area contributed by atoms with E-state index in [0.717, 1.165) is 25.0 Å². The zero-order valence-corrected chi connectivity index (χ0v) is 11.4. The maximum absolute atomic E-state index is 12.4. The van der Waals surface area contributed by atoms with Gasteiger partial charge in [0.15, 0.2) is 0 Å². The molecule has 19 heavy (non-hydrogen) atoms. The van der Waals surface area contributed by atoms with Crippen molar-refractivity contribution in [2.75, 3.05) is 0 Å². The topological polar surface area (TPSA) is 9.23 Å². The highest BCUT2D eigenvalue weighted by molar-refractivity contribution is 5.29. The van der Waals surface area contributed by atoms with Gasteiger partial charge in [-0.05, 0) is 48.4 Å². The highest BCUT2D eigenvalue weighted by atomic mass is 19.4. The largest absolute Gasteiger partial charge is 0.490 e. The van der Waals surface area contributed by atoms with Crippen molar-refractivity contribution in [3.63, 3.8) is 0 Å². The van der Waals surface area contributed by atoms with Crippen LogP contribution in [0.3, 0.4) is 0 Å². The molecule has 1 aliphatic rings. The van der Waals surface area contributed by atoms with Crippen LogP contribution < -0.4 is 4.74 Å². The Morgan fingerprint density at radius 1 is 1.00 bits per heavy atom. The SMILES string of the molecule is CC(C)(C)C1CC(Oc2ccc(C(F)(F)F)cc2)C1. The van der Waals surface area contributed by atoms with Gasteiger partial charge in [0, 0.05) is 0 Å². The molecule has 0 N–H and O–H groups in total. The Hall–Kier alpha value is -1.19. The summed E-state index contributed by atoms with van der Waals surface area (Å²) < 4.78 is 42.9. The zero-order valence-electron chi connectivity index (χ0n) is 11.4. The Morgan fingerprint density at radius 2 is 1.53 bits per heavy atom. The van der Waals surface area contributed by atoms with Crippen molar-refractivity contribution >= 4 is 0 Å². The van der Waals surface area contributed by atoms with Crippen LogP contribution >= 0.6 is 0 Å². The fourth-order valence-electron chi connectivity index (χ4n) is 2.28. The summed E-state index contributed by atoms with van der Waals surface area (Å²) in [6, 6.07) is 4.92. The molecular formula is C15H19F3O. The molecule has 1 aromatic rings. The fraction of sp³-hybridized carbons (Fsp3) is 0.600. The van der Waals surface area contributed by atoms with E-state index in [1.165, 1.54) is 12.1 Å². The first-order valence-electron chi connectivity index (χ1n) is 6.50. The first kappa shape index (κ1) is 14.2. The van der Waals surface area contributed by atoms with Crippen molar-refractivity contribution < 1.29 is 17.9 Å². The monoisotopic (exact) mass is 272 g/mol. The third-order valence-electron chi connectivity index (χ3n) is 3.80. The lowest BCUT2D eigenvalue weighted by Gasteiger charge is -2.43. The van der Waals surface area contributed by atoms with E-state index in [2.05, 4.69) is 20.8 Å². The van der Waals surface area contributed by atoms with Gasteiger partial charge in [0.1, 0.15) is 5.75 Å². The van der Waals surface area contributed by atoms with Gasteiger partial charge in [-0.15, -0.1) is 0 Å². The lowest BCUT2D eigenvalue weighted by atomic mass is 9.67. The number of rotatable bonds is 2. The van der Waals surface area contributed by atoms with Crippen molar-refractivity contribution in [1.82, 2.24) is 0 Å². The summed E-state index contributed by atoms with van der Waals surface area (Å²) in [7, 11) is 0. The fourth-order valence-corrected chi connectivity index (χ4v) is 2.28. The van der Waals surface area contributed by atoms with Gasteiger partial charge in [0.05, 0.1) is 11.7 Å². The molecule has 0 bridgehead atoms. The van der Waals surface area contributed by atoms with Crippen molar-refractivity contribution in [2.45, 2.75) is 45.9 Å². The molecule has 0 spiro atoms. The molecule has 0 amide bonds. The highest BCUT2D eigenvalue weighted by Gasteiger charge is 2.38. The van der Waals surface area contributed by atoms with Crippen LogP contribution in [0, 0.1) is 11.3 Å². The Bertz CT molecular complexity index is 422. The predicted molar refractivity (Wildman–Crippen MR) is 68.0 cm³/mol. The second-order valence-corrected chi connectivity index (χ2v) is 6.30. The summed E-state index contributed by atoms with van der Waals surface area (Å²) in [5.41, 5.74) is -0.360. The van der Waals surface area contributed by atoms with Crippen LogP contribution in [0.4, 0.5) is 13.2 Å². The van der Waals surface area contributed by atoms with Gasteiger partial charge in [-0.25, -0.2) is 0 Å². The van der Waals surface area contributed by atoms with Gasteiger partial charge in [-0.1, -0.05) is 20.8 Å². The Labute approximate surface area is 111 Å². The third kappa shape index (κ3) is 3.43. The lowest BCUT2D eigenvalue weighted by Crippen LogP contribution is -2.40. The van der Waals surface area contributed by atoms with E-state index in [9.17, 15) is 13.2 Å². The number of ether oxygens (including phenoxy) is 1. The molecule has 0 saturated heterocycles. The number of hydrogen-bond donors (Lipinski definition) is 0. The van der Waals surface area contributed by atoms with Crippen LogP contribution in [-0.2, 0) is 6.18 Å². The third-order valence-corrected chi connectivity index (χ3v) is 3.80. The molecule has 1 saturated carbocycles. The number of alkyl halides is 3. The van der Waals surface area contributed by atoms with Gasteiger partial charge in [0.2, 0.25) is 0 Å². The number of halogens is 3. The Kier molecular flexibility index (Phi) is 3.54. The molecule has 0 aromatic heterocycles. The van der Waals surface area contributed by atoms with Gasteiger partial charge >= 0.3 is 6.18 Å². The molecule has 1 fully saturated rings. The molecule has 106 valence electrons. The summed E-state index contributed by atoms with van der Waals surface area (Å²) in [6.45, 7) is 6.60. The Balaban J connectivity index is 1.89. The van der Waals surface area contributed by atoms with Gasteiger partial charge in [-0.3, -0.25) is 0 Å². The van der Waals surface area contributed by atoms with Gasteiger partial charge < -0.3 is 4.74 Å². The molecule has 0 atom stereocenters. The maximum Gasteiger partial charge on any atom is 0.416 e. The van der Waals surface area contributed by atoms with E-state index >= 15 is 0 Å². The van der Waals surface area contributed by atoms with Crippen molar-refractivity contribution in [2.24, 2.45) is 11.3 Å². The van der Waals surface area contributed by atoms with Gasteiger partial charge in [0.25, 0.3) is 0 Å². The minimum atomic E-state index is -4.29. The minimum Gasteiger partial charge on any atom is -0.490 e. The zero-order chi connectivity index (χ0) is 14.3. The summed E-state index contributed by atoms with van der Waals surface area (Å²) in [6.07, 6.45) is -2.19. The van der Waals surface area contributed by atoms with Crippen LogP contribution in [-0.4, -0.2) is 6.10 Å². The minimum absolute atomic E-state index is 0.140. The molecule has 2 rings (SSSR count). The number of hydrogen-bond acceptors (Lipinski definition) is 1. The molecule has 1 aromatic carbocycles. The van der Waals surface area contributed by atoms with E-state index in [-0.39, 0.29) is 11.5 Å². The van der Waals surface area contributed by atoms with E-state index in [1.807, 2.05) is 0 Å². The quantitative estimate of drug-likeness (QED) is 0.743. The lowest BCUT2D eigenvalue weighted by molar-refractivity contribution is -0.137. The van der Waals surface area contributed by atoms with Crippen LogP contribution in [0.15, 0.2) is 24.3 Å². The van der Waals surface area contributed by atoms with Crippen LogP contribution in [0.1, 0.15) is 39.2 Å². The predicted octanol–water partition coefficient (Wildman–Crippen LogP) is 4.91. The molecular weight excluding hydrogens is 253 g/mol. The van der Waals surface area contributed by atoms with Crippen LogP contribution in [0.25, 0.3) is 0 Å². The van der Waals surface area contributed by atoms with Gasteiger partial charge in [-0.2, -0.15) is 13.2 Å². The van der Waals surface area contributed by atoms with Crippen LogP contribution in [0.5, 0.6) is 5.75 Å². The standard InChI is InChI=1S/C15H19F3O/c1-14(2,3)11-8-13(9-11)19-12-6-4-10(5-7-12)15(16,17)18/h4-7,11,13H,8-9H2,1-3H3. The second kappa shape index (κ2) is 4.73. The second-order valence-electron chi connectivity index (χ2n) is 6.30. The first-order chi connectivity index (χ1) is 8.66. The van der Waals surface area contributed by atoms with E-state index in [1.54, 1.807) is 0 Å². The molecule has 0 unspecified atom stereocenters. The molecule has 1 nitrogen and oxygen atoms in total. The van der Waals surface area contributed by atoms with E-state index < -0.39 is 11.7 Å². The summed E-state index contributed by atoms with van der Waals surface area (Å²) in [4.78, 5) is 0. The first-order valence-corrected chi connectivity index (χ1v) is 6.50. The van der Waals surface area contributed by atoms with E-state index in [0.29, 0.717) is 11.7 Å². The molecule has 4 heteroatoms. The number of benzene rings is 1. The summed E-state index contributed by atoms with van der Waals surface area (Å²) in [5, 5.41) is 0. The molecule has 0 radical (unpaired) electrons. The molecule has 0 aliphatic heterocycles. The van der Waals surface area contributed by atoms with Crippen LogP contribution in [0.2, 0.25) is 0 Å². The maximum atomic E-state index is 12.4. The highest BCUT2D eigenvalue weighted by Crippen LogP contribution is 2.43. The molecule has 0 heterocycles. The van der Waals surface area contributed by atoms with Crippen molar-refractivity contribution in [3.8, 4) is 5.75 Å².